The summed E-state index contributed by atoms with van der Waals surface area (Å²) in [4.78, 5) is 4.72. The summed E-state index contributed by atoms with van der Waals surface area (Å²) in [5.74, 6) is 0.825. The fraction of sp³-hybridized carbons (Fsp3) is 0.500. The maximum Gasteiger partial charge on any atom is 0.163 e. The van der Waals surface area contributed by atoms with Crippen molar-refractivity contribution in [2.75, 3.05) is 0 Å². The van der Waals surface area contributed by atoms with Gasteiger partial charge in [0, 0.05) is 19.8 Å². The van der Waals surface area contributed by atoms with Gasteiger partial charge in [0.05, 0.1) is 22.5 Å². The summed E-state index contributed by atoms with van der Waals surface area (Å²) in [5.41, 5.74) is 4.75. The van der Waals surface area contributed by atoms with Crippen LogP contribution in [0, 0.1) is 13.8 Å². The summed E-state index contributed by atoms with van der Waals surface area (Å²) in [7, 11) is 1.91. The predicted molar refractivity (Wildman–Crippen MR) is 83.0 cm³/mol. The van der Waals surface area contributed by atoms with E-state index in [1.165, 1.54) is 0 Å². The van der Waals surface area contributed by atoms with Gasteiger partial charge in [-0.05, 0) is 27.7 Å². The fourth-order valence-corrected chi connectivity index (χ4v) is 2.86. The van der Waals surface area contributed by atoms with E-state index in [1.54, 1.807) is 4.68 Å². The molecule has 3 heterocycles. The van der Waals surface area contributed by atoms with Crippen LogP contribution in [0.5, 0.6) is 0 Å². The van der Waals surface area contributed by atoms with Crippen LogP contribution in [0.2, 0.25) is 0 Å². The molecular formula is C14H19ClN6. The smallest absolute Gasteiger partial charge is 0.163 e. The van der Waals surface area contributed by atoms with Crippen molar-refractivity contribution in [1.29, 1.82) is 0 Å². The number of aromatic nitrogens is 6. The van der Waals surface area contributed by atoms with Gasteiger partial charge in [-0.25, -0.2) is 9.67 Å². The van der Waals surface area contributed by atoms with Gasteiger partial charge in [0.2, 0.25) is 0 Å². The molecule has 0 N–H and O–H groups in total. The minimum Gasteiger partial charge on any atom is -0.276 e. The van der Waals surface area contributed by atoms with Crippen molar-refractivity contribution in [2.45, 2.75) is 39.6 Å². The highest BCUT2D eigenvalue weighted by atomic mass is 35.5. The van der Waals surface area contributed by atoms with Crippen LogP contribution in [-0.2, 0) is 13.6 Å². The Balaban J connectivity index is 2.42. The van der Waals surface area contributed by atoms with Crippen LogP contribution in [0.3, 0.4) is 0 Å². The molecule has 21 heavy (non-hydrogen) atoms. The van der Waals surface area contributed by atoms with E-state index in [2.05, 4.69) is 21.7 Å². The van der Waals surface area contributed by atoms with Gasteiger partial charge < -0.3 is 0 Å². The lowest BCUT2D eigenvalue weighted by molar-refractivity contribution is 0.658. The average molecular weight is 307 g/mol. The highest BCUT2D eigenvalue weighted by molar-refractivity contribution is 6.20. The molecule has 0 saturated carbocycles. The number of rotatable bonds is 3. The Morgan fingerprint density at radius 1 is 1.24 bits per heavy atom. The summed E-state index contributed by atoms with van der Waals surface area (Å²) in [5, 5.41) is 8.79. The van der Waals surface area contributed by atoms with Gasteiger partial charge in [-0.1, -0.05) is 0 Å². The predicted octanol–water partition coefficient (Wildman–Crippen LogP) is 2.89. The van der Waals surface area contributed by atoms with Gasteiger partial charge >= 0.3 is 0 Å². The van der Waals surface area contributed by atoms with E-state index in [1.807, 2.05) is 38.7 Å². The molecule has 0 radical (unpaired) electrons. The molecule has 0 aliphatic heterocycles. The number of nitrogens with zero attached hydrogens (tertiary/aromatic N) is 6. The molecule has 0 spiro atoms. The summed E-state index contributed by atoms with van der Waals surface area (Å²) in [6, 6.07) is 0. The zero-order valence-corrected chi connectivity index (χ0v) is 13.7. The highest BCUT2D eigenvalue weighted by Gasteiger charge is 2.23. The number of aryl methyl sites for hydroxylation is 4. The molecule has 0 saturated heterocycles. The van der Waals surface area contributed by atoms with Crippen molar-refractivity contribution >= 4 is 22.8 Å². The Labute approximate surface area is 128 Å². The van der Waals surface area contributed by atoms with E-state index in [9.17, 15) is 0 Å². The number of hydrogen-bond donors (Lipinski definition) is 0. The van der Waals surface area contributed by atoms with E-state index >= 15 is 0 Å². The quantitative estimate of drug-likeness (QED) is 0.699. The second-order valence-corrected chi connectivity index (χ2v) is 5.92. The van der Waals surface area contributed by atoms with Crippen molar-refractivity contribution in [3.05, 3.63) is 23.4 Å². The minimum absolute atomic E-state index is 0.193. The lowest BCUT2D eigenvalue weighted by Gasteiger charge is -2.10. The highest BCUT2D eigenvalue weighted by Crippen LogP contribution is 2.30. The lowest BCUT2D eigenvalue weighted by Crippen LogP contribution is -2.08. The largest absolute Gasteiger partial charge is 0.276 e. The van der Waals surface area contributed by atoms with Crippen LogP contribution < -0.4 is 0 Å². The van der Waals surface area contributed by atoms with Crippen molar-refractivity contribution in [2.24, 2.45) is 7.05 Å². The van der Waals surface area contributed by atoms with Crippen molar-refractivity contribution in [3.8, 4) is 5.69 Å². The van der Waals surface area contributed by atoms with Crippen LogP contribution in [-0.4, -0.2) is 29.1 Å². The monoisotopic (exact) mass is 306 g/mol. The molecule has 0 aliphatic carbocycles. The van der Waals surface area contributed by atoms with E-state index in [0.717, 1.165) is 40.6 Å². The molecule has 3 rings (SSSR count). The Bertz CT molecular complexity index is 807. The van der Waals surface area contributed by atoms with Gasteiger partial charge in [-0.15, -0.1) is 11.6 Å². The van der Waals surface area contributed by atoms with E-state index in [0.29, 0.717) is 0 Å². The SMILES string of the molecule is CCn1nc(C)c2nc(C(C)Cl)n(-c3cn(C)nc3C)c21. The zero-order valence-electron chi connectivity index (χ0n) is 12.9. The maximum atomic E-state index is 6.35. The molecule has 0 aliphatic rings. The Morgan fingerprint density at radius 3 is 2.48 bits per heavy atom. The van der Waals surface area contributed by atoms with Gasteiger partial charge in [-0.3, -0.25) is 9.25 Å². The lowest BCUT2D eigenvalue weighted by atomic mass is 10.3. The van der Waals surface area contributed by atoms with E-state index in [-0.39, 0.29) is 5.38 Å². The van der Waals surface area contributed by atoms with Crippen LogP contribution in [0.25, 0.3) is 16.9 Å². The third kappa shape index (κ3) is 2.05. The van der Waals surface area contributed by atoms with Crippen LogP contribution in [0.4, 0.5) is 0 Å². The number of alkyl halides is 1. The van der Waals surface area contributed by atoms with Crippen molar-refractivity contribution in [3.63, 3.8) is 0 Å². The molecule has 6 nitrogen and oxygen atoms in total. The third-order valence-corrected chi connectivity index (χ3v) is 3.82. The van der Waals surface area contributed by atoms with Gasteiger partial charge in [-0.2, -0.15) is 10.2 Å². The Kier molecular flexibility index (Phi) is 3.28. The molecule has 0 amide bonds. The molecule has 1 unspecified atom stereocenters. The second kappa shape index (κ2) is 4.87. The minimum atomic E-state index is -0.193. The molecule has 7 heteroatoms. The van der Waals surface area contributed by atoms with Crippen molar-refractivity contribution in [1.82, 2.24) is 29.1 Å². The molecule has 1 atom stereocenters. The van der Waals surface area contributed by atoms with Gasteiger partial charge in [0.15, 0.2) is 5.65 Å². The van der Waals surface area contributed by atoms with Crippen LogP contribution in [0.1, 0.15) is 36.4 Å². The maximum absolute atomic E-state index is 6.35. The fourth-order valence-electron chi connectivity index (χ4n) is 2.72. The second-order valence-electron chi connectivity index (χ2n) is 5.27. The molecule has 0 bridgehead atoms. The van der Waals surface area contributed by atoms with E-state index in [4.69, 9.17) is 16.6 Å². The zero-order chi connectivity index (χ0) is 15.3. The number of halogens is 1. The number of fused-ring (bicyclic) bond motifs is 1. The topological polar surface area (TPSA) is 53.5 Å². The van der Waals surface area contributed by atoms with Crippen molar-refractivity contribution < 1.29 is 0 Å². The number of imidazole rings is 1. The summed E-state index contributed by atoms with van der Waals surface area (Å²) >= 11 is 6.35. The molecule has 3 aromatic rings. The first-order valence-corrected chi connectivity index (χ1v) is 7.48. The molecule has 3 aromatic heterocycles. The first kappa shape index (κ1) is 14.1. The Morgan fingerprint density at radius 2 is 1.95 bits per heavy atom. The first-order chi connectivity index (χ1) is 9.93. The number of hydrogen-bond acceptors (Lipinski definition) is 3. The standard InChI is InChI=1S/C14H19ClN6/c1-6-20-14-12(10(4)18-20)16-13(8(2)15)21(14)11-7-19(5)17-9(11)3/h7-8H,6H2,1-5H3. The summed E-state index contributed by atoms with van der Waals surface area (Å²) < 4.78 is 5.85. The molecular weight excluding hydrogens is 288 g/mol. The summed E-state index contributed by atoms with van der Waals surface area (Å²) in [6.07, 6.45) is 1.99. The van der Waals surface area contributed by atoms with E-state index < -0.39 is 0 Å². The molecule has 112 valence electrons. The van der Waals surface area contributed by atoms with Crippen LogP contribution in [0.15, 0.2) is 6.20 Å². The van der Waals surface area contributed by atoms with Gasteiger partial charge in [0.25, 0.3) is 0 Å². The normalized spacial score (nSPS) is 13.2. The average Bonchev–Trinajstić information content (AvgIpc) is 3.03. The first-order valence-electron chi connectivity index (χ1n) is 7.04. The summed E-state index contributed by atoms with van der Waals surface area (Å²) in [6.45, 7) is 8.76. The molecule has 0 fully saturated rings. The van der Waals surface area contributed by atoms with Gasteiger partial charge in [0.1, 0.15) is 11.3 Å². The van der Waals surface area contributed by atoms with Crippen LogP contribution >= 0.6 is 11.6 Å². The molecule has 0 aromatic carbocycles. The Hall–Kier alpha value is -1.82. The third-order valence-electron chi connectivity index (χ3n) is 3.62.